The molecule has 2 heterocycles. The lowest BCUT2D eigenvalue weighted by Crippen LogP contribution is -2.48. The van der Waals surface area contributed by atoms with Gasteiger partial charge in [0, 0.05) is 81.8 Å². The van der Waals surface area contributed by atoms with Crippen molar-refractivity contribution in [2.75, 3.05) is 62.6 Å². The number of piperidine rings is 1. The van der Waals surface area contributed by atoms with E-state index in [1.54, 1.807) is 12.1 Å². The largest absolute Gasteiger partial charge is 0.486 e. The number of benzene rings is 2. The summed E-state index contributed by atoms with van der Waals surface area (Å²) >= 11 is 0. The van der Waals surface area contributed by atoms with Crippen LogP contribution in [-0.4, -0.2) is 79.1 Å². The number of nitro benzene ring substituents is 1. The van der Waals surface area contributed by atoms with E-state index in [1.165, 1.54) is 17.3 Å². The Morgan fingerprint density at radius 3 is 2.27 bits per heavy atom. The number of ether oxygens (including phenoxy) is 1. The van der Waals surface area contributed by atoms with Gasteiger partial charge in [0.25, 0.3) is 0 Å². The number of nitrogens with one attached hydrogen (secondary N) is 1. The first-order valence-electron chi connectivity index (χ1n) is 15.0. The normalized spacial score (nSPS) is 17.1. The lowest BCUT2D eigenvalue weighted by Gasteiger charge is -2.37. The highest BCUT2D eigenvalue weighted by Crippen LogP contribution is 2.31. The van der Waals surface area contributed by atoms with Crippen LogP contribution < -0.4 is 15.0 Å². The molecule has 0 atom stereocenters. The van der Waals surface area contributed by atoms with Crippen molar-refractivity contribution in [2.45, 2.75) is 65.3 Å². The number of likely N-dealkylation sites (tertiary alicyclic amines) is 1. The van der Waals surface area contributed by atoms with Crippen LogP contribution in [0.15, 0.2) is 42.5 Å². The first-order chi connectivity index (χ1) is 19.5. The number of hydrogen-bond donors (Lipinski definition) is 1. The molecule has 4 rings (SSSR count). The van der Waals surface area contributed by atoms with Crippen molar-refractivity contribution >= 4 is 23.0 Å². The first-order valence-corrected chi connectivity index (χ1v) is 15.0. The molecule has 2 fully saturated rings. The predicted molar refractivity (Wildman–Crippen MR) is 165 cm³/mol. The van der Waals surface area contributed by atoms with Crippen LogP contribution in [0.5, 0.6) is 5.75 Å². The minimum Gasteiger partial charge on any atom is -0.486 e. The van der Waals surface area contributed by atoms with Gasteiger partial charge in [0.1, 0.15) is 0 Å². The van der Waals surface area contributed by atoms with Gasteiger partial charge in [-0.2, -0.15) is 0 Å². The average Bonchev–Trinajstić information content (AvgIpc) is 2.95. The smallest absolute Gasteiger partial charge is 0.311 e. The first kappa shape index (κ1) is 30.6. The fourth-order valence-electron chi connectivity index (χ4n) is 5.45. The van der Waals surface area contributed by atoms with Gasteiger partial charge in [-0.25, -0.2) is 0 Å². The van der Waals surface area contributed by atoms with E-state index < -0.39 is 4.92 Å². The molecule has 224 valence electrons. The Balaban J connectivity index is 1.18. The highest BCUT2D eigenvalue weighted by molar-refractivity contribution is 5.76. The molecule has 2 aliphatic heterocycles. The minimum absolute atomic E-state index is 0.0206. The summed E-state index contributed by atoms with van der Waals surface area (Å²) in [5, 5.41) is 14.9. The van der Waals surface area contributed by atoms with Crippen molar-refractivity contribution in [3.05, 3.63) is 58.1 Å². The summed E-state index contributed by atoms with van der Waals surface area (Å²) in [4.78, 5) is 30.8. The van der Waals surface area contributed by atoms with Gasteiger partial charge in [-0.05, 0) is 47.9 Å². The molecule has 2 aliphatic rings. The van der Waals surface area contributed by atoms with Gasteiger partial charge >= 0.3 is 5.69 Å². The fraction of sp³-hybridized carbons (Fsp3) is 0.594. The van der Waals surface area contributed by atoms with Crippen LogP contribution in [0.3, 0.4) is 0 Å². The van der Waals surface area contributed by atoms with Crippen molar-refractivity contribution in [3.8, 4) is 5.75 Å². The van der Waals surface area contributed by atoms with E-state index in [0.29, 0.717) is 18.8 Å². The number of anilines is 2. The number of amides is 1. The quantitative estimate of drug-likeness (QED) is 0.299. The van der Waals surface area contributed by atoms with E-state index >= 15 is 0 Å². The van der Waals surface area contributed by atoms with Gasteiger partial charge < -0.3 is 19.9 Å². The predicted octanol–water partition coefficient (Wildman–Crippen LogP) is 5.54. The van der Waals surface area contributed by atoms with Crippen molar-refractivity contribution in [1.82, 2.24) is 9.80 Å². The van der Waals surface area contributed by atoms with Crippen LogP contribution >= 0.6 is 0 Å². The van der Waals surface area contributed by atoms with Gasteiger partial charge in [-0.1, -0.05) is 46.8 Å². The molecule has 0 spiro atoms. The molecule has 1 amide bonds. The number of carbonyl (C=O) groups excluding carboxylic acids is 1. The molecule has 0 bridgehead atoms. The number of carbonyl (C=O) groups is 1. The number of piperazine rings is 1. The Bertz CT molecular complexity index is 1160. The van der Waals surface area contributed by atoms with Crippen molar-refractivity contribution in [2.24, 2.45) is 5.92 Å². The third-order valence-electron chi connectivity index (χ3n) is 8.06. The van der Waals surface area contributed by atoms with E-state index in [9.17, 15) is 14.9 Å². The van der Waals surface area contributed by atoms with E-state index in [2.05, 4.69) is 60.2 Å². The van der Waals surface area contributed by atoms with Gasteiger partial charge in [-0.3, -0.25) is 19.8 Å². The molecule has 0 aromatic heterocycles. The number of nitrogens with zero attached hydrogens (tertiary/aromatic N) is 4. The maximum atomic E-state index is 13.0. The number of hydrogen-bond acceptors (Lipinski definition) is 7. The van der Waals surface area contributed by atoms with Crippen LogP contribution in [0.4, 0.5) is 17.1 Å². The summed E-state index contributed by atoms with van der Waals surface area (Å²) in [6.07, 6.45) is 2.24. The van der Waals surface area contributed by atoms with E-state index in [1.807, 2.05) is 18.7 Å². The van der Waals surface area contributed by atoms with Gasteiger partial charge in [-0.15, -0.1) is 0 Å². The molecule has 2 aromatic carbocycles. The molecule has 9 nitrogen and oxygen atoms in total. The molecule has 0 saturated carbocycles. The lowest BCUT2D eigenvalue weighted by atomic mass is 9.87. The summed E-state index contributed by atoms with van der Waals surface area (Å²) < 4.78 is 5.72. The van der Waals surface area contributed by atoms with Crippen molar-refractivity contribution < 1.29 is 14.5 Å². The third kappa shape index (κ3) is 8.58. The van der Waals surface area contributed by atoms with E-state index in [4.69, 9.17) is 4.74 Å². The Labute approximate surface area is 245 Å². The maximum absolute atomic E-state index is 13.0. The zero-order valence-corrected chi connectivity index (χ0v) is 25.4. The Hall–Kier alpha value is -3.33. The van der Waals surface area contributed by atoms with Crippen LogP contribution in [0.2, 0.25) is 0 Å². The molecule has 2 saturated heterocycles. The molecular formula is C32H47N5O4. The van der Waals surface area contributed by atoms with Gasteiger partial charge in [0.05, 0.1) is 11.5 Å². The monoisotopic (exact) mass is 565 g/mol. The Kier molecular flexibility index (Phi) is 10.1. The molecule has 0 radical (unpaired) electrons. The number of nitro groups is 1. The summed E-state index contributed by atoms with van der Waals surface area (Å²) in [6, 6.07) is 14.1. The molecule has 2 aromatic rings. The molecular weight excluding hydrogens is 518 g/mol. The van der Waals surface area contributed by atoms with Gasteiger partial charge in [0.2, 0.25) is 5.91 Å². The summed E-state index contributed by atoms with van der Waals surface area (Å²) in [5.41, 5.74) is 3.58. The van der Waals surface area contributed by atoms with Crippen molar-refractivity contribution in [3.63, 3.8) is 0 Å². The van der Waals surface area contributed by atoms with Crippen LogP contribution in [0, 0.1) is 16.0 Å². The minimum atomic E-state index is -0.408. The second-order valence-corrected chi connectivity index (χ2v) is 12.8. The highest BCUT2D eigenvalue weighted by atomic mass is 16.6. The molecule has 9 heteroatoms. The Morgan fingerprint density at radius 1 is 1.02 bits per heavy atom. The molecule has 1 N–H and O–H groups in total. The second-order valence-electron chi connectivity index (χ2n) is 12.8. The zero-order valence-electron chi connectivity index (χ0n) is 25.4. The fourth-order valence-corrected chi connectivity index (χ4v) is 5.45. The van der Waals surface area contributed by atoms with Crippen LogP contribution in [0.25, 0.3) is 0 Å². The molecule has 41 heavy (non-hydrogen) atoms. The summed E-state index contributed by atoms with van der Waals surface area (Å²) in [5.74, 6) is 0.790. The molecule has 0 unspecified atom stereocenters. The third-order valence-corrected chi connectivity index (χ3v) is 8.06. The Morgan fingerprint density at radius 2 is 1.68 bits per heavy atom. The molecule has 0 aliphatic carbocycles. The van der Waals surface area contributed by atoms with E-state index in [0.717, 1.165) is 64.3 Å². The zero-order chi connectivity index (χ0) is 29.6. The topological polar surface area (TPSA) is 91.2 Å². The lowest BCUT2D eigenvalue weighted by molar-refractivity contribution is -0.385. The van der Waals surface area contributed by atoms with Crippen LogP contribution in [-0.2, 0) is 10.2 Å². The van der Waals surface area contributed by atoms with Gasteiger partial charge in [0.15, 0.2) is 5.75 Å². The van der Waals surface area contributed by atoms with E-state index in [-0.39, 0.29) is 29.0 Å². The number of rotatable bonds is 10. The summed E-state index contributed by atoms with van der Waals surface area (Å²) in [7, 11) is 0. The van der Waals surface area contributed by atoms with Crippen LogP contribution in [0.1, 0.15) is 59.4 Å². The summed E-state index contributed by atoms with van der Waals surface area (Å²) in [6.45, 7) is 17.3. The standard InChI is InChI=1S/C32H47N5O4/c1-24(2)23-41-30-22-27(8-11-29(30)37(39)40)33-26-12-16-36(17-13-26)31(38)14-15-34-18-20-35(21-19-34)28-9-6-25(7-10-28)32(3,4)5/h6-11,22,24,26,33H,12-21,23H2,1-5H3. The SMILES string of the molecule is CC(C)COc1cc(NC2CCN(C(=O)CCN3CCN(c4ccc(C(C)(C)C)cc4)CC3)CC2)ccc1[N+](=O)[O-]. The second kappa shape index (κ2) is 13.6. The van der Waals surface area contributed by atoms with Crippen molar-refractivity contribution in [1.29, 1.82) is 0 Å². The average molecular weight is 566 g/mol. The maximum Gasteiger partial charge on any atom is 0.311 e. The highest BCUT2D eigenvalue weighted by Gasteiger charge is 2.25.